The molecule has 0 bridgehead atoms. The van der Waals surface area contributed by atoms with Crippen LogP contribution in [0.1, 0.15) is 25.3 Å². The lowest BCUT2D eigenvalue weighted by atomic mass is 10.2. The molecule has 132 valence electrons. The molecule has 3 heterocycles. The average Bonchev–Trinajstić information content (AvgIpc) is 3.11. The Labute approximate surface area is 146 Å². The van der Waals surface area contributed by atoms with Crippen molar-refractivity contribution in [3.05, 3.63) is 17.5 Å². The summed E-state index contributed by atoms with van der Waals surface area (Å²) in [5.74, 6) is -0.104. The van der Waals surface area contributed by atoms with Gasteiger partial charge in [0.05, 0.1) is 6.20 Å². The molecule has 25 heavy (non-hydrogen) atoms. The van der Waals surface area contributed by atoms with E-state index in [9.17, 15) is 14.1 Å². The number of nitrogens with zero attached hydrogens (tertiary/aromatic N) is 4. The fraction of sp³-hybridized carbons (Fsp3) is 0.357. The third kappa shape index (κ3) is 3.56. The van der Waals surface area contributed by atoms with Crippen LogP contribution in [0.25, 0.3) is 11.7 Å². The Balaban J connectivity index is 2.04. The van der Waals surface area contributed by atoms with Crippen molar-refractivity contribution in [3.63, 3.8) is 0 Å². The van der Waals surface area contributed by atoms with E-state index in [4.69, 9.17) is 0 Å². The van der Waals surface area contributed by atoms with E-state index in [1.165, 1.54) is 23.0 Å². The molecule has 0 aliphatic carbocycles. The SMILES string of the molecule is CCCCNc1nc([S+](C)[O-])nc2c(/C=C3\NC(=O)NC3=O)cnn12. The maximum atomic E-state index is 11.8. The number of hydrogen-bond acceptors (Lipinski definition) is 7. The summed E-state index contributed by atoms with van der Waals surface area (Å²) in [4.78, 5) is 31.4. The number of imide groups is 1. The average molecular weight is 363 g/mol. The maximum Gasteiger partial charge on any atom is 0.347 e. The number of hydrogen-bond donors (Lipinski definition) is 3. The van der Waals surface area contributed by atoms with Gasteiger partial charge >= 0.3 is 11.2 Å². The Morgan fingerprint density at radius 2 is 2.16 bits per heavy atom. The van der Waals surface area contributed by atoms with E-state index in [1.807, 2.05) is 0 Å². The van der Waals surface area contributed by atoms with Gasteiger partial charge in [-0.25, -0.2) is 4.79 Å². The lowest BCUT2D eigenvalue weighted by molar-refractivity contribution is -0.115. The van der Waals surface area contributed by atoms with Gasteiger partial charge in [-0.3, -0.25) is 10.1 Å². The summed E-state index contributed by atoms with van der Waals surface area (Å²) < 4.78 is 13.3. The predicted molar refractivity (Wildman–Crippen MR) is 91.2 cm³/mol. The smallest absolute Gasteiger partial charge is 0.347 e. The molecule has 11 heteroatoms. The lowest BCUT2D eigenvalue weighted by Crippen LogP contribution is -2.22. The normalized spacial score (nSPS) is 17.0. The van der Waals surface area contributed by atoms with E-state index >= 15 is 0 Å². The summed E-state index contributed by atoms with van der Waals surface area (Å²) >= 11 is -1.38. The Morgan fingerprint density at radius 3 is 2.80 bits per heavy atom. The summed E-state index contributed by atoms with van der Waals surface area (Å²) in [7, 11) is 0. The zero-order valence-electron chi connectivity index (χ0n) is 13.7. The minimum absolute atomic E-state index is 0.0955. The quantitative estimate of drug-likeness (QED) is 0.290. The molecule has 3 N–H and O–H groups in total. The minimum atomic E-state index is -1.38. The van der Waals surface area contributed by atoms with Gasteiger partial charge in [-0.15, -0.1) is 4.98 Å². The second-order valence-corrected chi connectivity index (χ2v) is 6.64. The van der Waals surface area contributed by atoms with Crippen molar-refractivity contribution in [2.24, 2.45) is 0 Å². The number of amides is 3. The number of fused-ring (bicyclic) bond motifs is 1. The monoisotopic (exact) mass is 363 g/mol. The van der Waals surface area contributed by atoms with Crippen LogP contribution in [0.3, 0.4) is 0 Å². The first-order chi connectivity index (χ1) is 12.0. The summed E-state index contributed by atoms with van der Waals surface area (Å²) in [5.41, 5.74) is 0.985. The summed E-state index contributed by atoms with van der Waals surface area (Å²) in [6, 6.07) is -0.584. The number of urea groups is 1. The van der Waals surface area contributed by atoms with Gasteiger partial charge in [0.2, 0.25) is 5.95 Å². The second-order valence-electron chi connectivity index (χ2n) is 5.37. The van der Waals surface area contributed by atoms with Gasteiger partial charge in [0.25, 0.3) is 5.91 Å². The van der Waals surface area contributed by atoms with E-state index in [1.54, 1.807) is 0 Å². The van der Waals surface area contributed by atoms with Gasteiger partial charge in [0, 0.05) is 23.3 Å². The third-order valence-corrected chi connectivity index (χ3v) is 4.16. The molecule has 1 fully saturated rings. The van der Waals surface area contributed by atoms with Gasteiger partial charge in [0.1, 0.15) is 12.0 Å². The number of anilines is 1. The highest BCUT2D eigenvalue weighted by Crippen LogP contribution is 2.18. The molecule has 1 unspecified atom stereocenters. The van der Waals surface area contributed by atoms with Crippen molar-refractivity contribution in [1.82, 2.24) is 30.2 Å². The molecular weight excluding hydrogens is 346 g/mol. The Kier molecular flexibility index (Phi) is 4.86. The van der Waals surface area contributed by atoms with Crippen LogP contribution in [0.4, 0.5) is 10.7 Å². The van der Waals surface area contributed by atoms with E-state index < -0.39 is 23.1 Å². The first kappa shape index (κ1) is 17.2. The van der Waals surface area contributed by atoms with Crippen molar-refractivity contribution in [2.45, 2.75) is 24.9 Å². The zero-order valence-corrected chi connectivity index (χ0v) is 14.5. The number of rotatable bonds is 6. The standard InChI is InChI=1S/C14H17N7O3S/c1-3-4-5-15-12-20-14(25(2)24)18-10-8(7-16-21(10)12)6-9-11(22)19-13(23)17-9/h6-7H,3-5H2,1-2H3,(H,15,18,20)(H2,17,19,22,23)/b9-6-. The number of carbonyl (C=O) groups is 2. The van der Waals surface area contributed by atoms with E-state index in [2.05, 4.69) is 37.9 Å². The highest BCUT2D eigenvalue weighted by atomic mass is 32.2. The van der Waals surface area contributed by atoms with E-state index in [0.717, 1.165) is 12.8 Å². The first-order valence-electron chi connectivity index (χ1n) is 7.66. The van der Waals surface area contributed by atoms with Crippen LogP contribution < -0.4 is 16.0 Å². The molecule has 1 aliphatic heterocycles. The highest BCUT2D eigenvalue weighted by Gasteiger charge is 2.24. The Bertz CT molecular complexity index is 861. The van der Waals surface area contributed by atoms with E-state index in [0.29, 0.717) is 23.7 Å². The molecule has 0 spiro atoms. The lowest BCUT2D eigenvalue weighted by Gasteiger charge is -2.09. The molecule has 3 amide bonds. The van der Waals surface area contributed by atoms with Crippen molar-refractivity contribution < 1.29 is 14.1 Å². The number of carbonyl (C=O) groups excluding carboxylic acids is 2. The molecule has 3 rings (SSSR count). The zero-order chi connectivity index (χ0) is 18.0. The minimum Gasteiger partial charge on any atom is -0.609 e. The van der Waals surface area contributed by atoms with Gasteiger partial charge in [-0.2, -0.15) is 14.6 Å². The number of aromatic nitrogens is 4. The molecule has 10 nitrogen and oxygen atoms in total. The highest BCUT2D eigenvalue weighted by molar-refractivity contribution is 7.90. The van der Waals surface area contributed by atoms with Crippen molar-refractivity contribution in [3.8, 4) is 0 Å². The fourth-order valence-electron chi connectivity index (χ4n) is 2.23. The van der Waals surface area contributed by atoms with Crippen molar-refractivity contribution in [2.75, 3.05) is 18.1 Å². The van der Waals surface area contributed by atoms with Crippen LogP contribution in [-0.4, -0.2) is 48.9 Å². The summed E-state index contributed by atoms with van der Waals surface area (Å²) in [6.45, 7) is 2.76. The van der Waals surface area contributed by atoms with Gasteiger partial charge in [-0.1, -0.05) is 13.3 Å². The second kappa shape index (κ2) is 7.07. The molecule has 0 radical (unpaired) electrons. The fourth-order valence-corrected chi connectivity index (χ4v) is 2.66. The van der Waals surface area contributed by atoms with E-state index in [-0.39, 0.29) is 10.9 Å². The van der Waals surface area contributed by atoms with Crippen LogP contribution in [-0.2, 0) is 16.0 Å². The van der Waals surface area contributed by atoms with Crippen LogP contribution in [0, 0.1) is 0 Å². The Morgan fingerprint density at radius 1 is 1.36 bits per heavy atom. The summed E-state index contributed by atoms with van der Waals surface area (Å²) in [6.07, 6.45) is 6.41. The molecule has 2 aromatic heterocycles. The maximum absolute atomic E-state index is 11.8. The molecule has 1 atom stereocenters. The molecule has 1 saturated heterocycles. The predicted octanol–water partition coefficient (Wildman–Crippen LogP) is 0.254. The van der Waals surface area contributed by atoms with Crippen LogP contribution in [0.2, 0.25) is 0 Å². The van der Waals surface area contributed by atoms with Gasteiger partial charge < -0.3 is 15.2 Å². The molecule has 1 aliphatic rings. The largest absolute Gasteiger partial charge is 0.609 e. The van der Waals surface area contributed by atoms with Crippen molar-refractivity contribution >= 4 is 40.8 Å². The summed E-state index contributed by atoms with van der Waals surface area (Å²) in [5, 5.41) is 12.1. The van der Waals surface area contributed by atoms with Crippen LogP contribution >= 0.6 is 0 Å². The Hall–Kier alpha value is -2.66. The van der Waals surface area contributed by atoms with Crippen molar-refractivity contribution in [1.29, 1.82) is 0 Å². The molecular formula is C14H17N7O3S. The number of nitrogens with one attached hydrogen (secondary N) is 3. The topological polar surface area (TPSA) is 136 Å². The first-order valence-corrected chi connectivity index (χ1v) is 9.22. The van der Waals surface area contributed by atoms with Crippen LogP contribution in [0.5, 0.6) is 0 Å². The molecule has 0 saturated carbocycles. The third-order valence-electron chi connectivity index (χ3n) is 3.47. The molecule has 2 aromatic rings. The molecule has 0 aromatic carbocycles. The van der Waals surface area contributed by atoms with Crippen LogP contribution in [0.15, 0.2) is 17.1 Å². The van der Waals surface area contributed by atoms with Gasteiger partial charge in [0.15, 0.2) is 5.65 Å². The number of unbranched alkanes of at least 4 members (excludes halogenated alkanes) is 1. The van der Waals surface area contributed by atoms with Gasteiger partial charge in [-0.05, 0) is 12.5 Å².